The summed E-state index contributed by atoms with van der Waals surface area (Å²) in [6, 6.07) is 16.8. The minimum Gasteiger partial charge on any atom is -0.347 e. The van der Waals surface area contributed by atoms with Gasteiger partial charge in [-0.3, -0.25) is 0 Å². The Balaban J connectivity index is 1.49. The highest BCUT2D eigenvalue weighted by Crippen LogP contribution is 2.26. The molecule has 0 bridgehead atoms. The predicted octanol–water partition coefficient (Wildman–Crippen LogP) is 3.39. The van der Waals surface area contributed by atoms with Crippen molar-refractivity contribution in [3.05, 3.63) is 70.8 Å². The first-order valence-electron chi connectivity index (χ1n) is 10.6. The minimum absolute atomic E-state index is 0.123. The van der Waals surface area contributed by atoms with Crippen molar-refractivity contribution in [2.24, 2.45) is 0 Å². The van der Waals surface area contributed by atoms with Gasteiger partial charge in [-0.2, -0.15) is 0 Å². The molecule has 2 aromatic rings. The Morgan fingerprint density at radius 1 is 0.724 bits per heavy atom. The van der Waals surface area contributed by atoms with E-state index in [1.165, 1.54) is 22.3 Å². The van der Waals surface area contributed by atoms with Crippen LogP contribution in [0.3, 0.4) is 0 Å². The van der Waals surface area contributed by atoms with Crippen molar-refractivity contribution in [1.29, 1.82) is 0 Å². The van der Waals surface area contributed by atoms with E-state index in [-0.39, 0.29) is 37.1 Å². The van der Waals surface area contributed by atoms with Crippen LogP contribution in [0.2, 0.25) is 0 Å². The first kappa shape index (κ1) is 19.9. The van der Waals surface area contributed by atoms with E-state index in [0.717, 1.165) is 25.7 Å². The van der Waals surface area contributed by atoms with Crippen LogP contribution in [0.15, 0.2) is 48.5 Å². The number of hydrogen-bond acceptors (Lipinski definition) is 3. The number of nitrogens with one attached hydrogen (secondary N) is 2. The van der Waals surface area contributed by atoms with Gasteiger partial charge in [0.25, 0.3) is 0 Å². The molecule has 0 spiro atoms. The molecule has 4 rings (SSSR count). The fourth-order valence-corrected chi connectivity index (χ4v) is 4.28. The lowest BCUT2D eigenvalue weighted by Crippen LogP contribution is -2.47. The zero-order valence-corrected chi connectivity index (χ0v) is 17.2. The average Bonchev–Trinajstić information content (AvgIpc) is 3.19. The Morgan fingerprint density at radius 3 is 1.48 bits per heavy atom. The number of aryl methyl sites for hydroxylation is 2. The van der Waals surface area contributed by atoms with Gasteiger partial charge in [0.15, 0.2) is 0 Å². The van der Waals surface area contributed by atoms with Crippen LogP contribution in [0.4, 0.5) is 4.79 Å². The number of ether oxygens (including phenoxy) is 2. The third kappa shape index (κ3) is 4.62. The summed E-state index contributed by atoms with van der Waals surface area (Å²) in [6.07, 6.45) is 3.15. The molecule has 154 valence electrons. The van der Waals surface area contributed by atoms with Crippen molar-refractivity contribution in [2.45, 2.75) is 63.8 Å². The highest BCUT2D eigenvalue weighted by atomic mass is 16.7. The number of benzene rings is 2. The van der Waals surface area contributed by atoms with E-state index in [9.17, 15) is 4.79 Å². The molecule has 0 aliphatic carbocycles. The van der Waals surface area contributed by atoms with Gasteiger partial charge >= 0.3 is 6.03 Å². The number of hydrogen-bond donors (Lipinski definition) is 2. The predicted molar refractivity (Wildman–Crippen MR) is 113 cm³/mol. The summed E-state index contributed by atoms with van der Waals surface area (Å²) >= 11 is 0. The molecule has 0 unspecified atom stereocenters. The zero-order valence-electron chi connectivity index (χ0n) is 17.2. The zero-order chi connectivity index (χ0) is 20.2. The van der Waals surface area contributed by atoms with Crippen molar-refractivity contribution in [1.82, 2.24) is 10.6 Å². The highest BCUT2D eigenvalue weighted by molar-refractivity contribution is 5.75. The van der Waals surface area contributed by atoms with Crippen LogP contribution in [0.5, 0.6) is 0 Å². The first-order valence-corrected chi connectivity index (χ1v) is 10.6. The monoisotopic (exact) mass is 394 g/mol. The molecule has 0 aromatic heterocycles. The van der Waals surface area contributed by atoms with Gasteiger partial charge in [-0.25, -0.2) is 4.79 Å². The van der Waals surface area contributed by atoms with E-state index in [4.69, 9.17) is 9.47 Å². The summed E-state index contributed by atoms with van der Waals surface area (Å²) in [7, 11) is 0. The summed E-state index contributed by atoms with van der Waals surface area (Å²) in [5.41, 5.74) is 5.01. The molecule has 2 saturated heterocycles. The number of amides is 2. The van der Waals surface area contributed by atoms with Crippen LogP contribution in [-0.2, 0) is 35.2 Å². The molecule has 2 N–H and O–H groups in total. The molecule has 2 fully saturated rings. The summed E-state index contributed by atoms with van der Waals surface area (Å²) in [4.78, 5) is 12.6. The van der Waals surface area contributed by atoms with E-state index in [1.807, 2.05) is 0 Å². The SMILES string of the molecule is CCc1ccc(C[C@H]2NC(=O)N[C@H](Cc3ccc(CC)cc3)[C@@H]3OCO[C@H]32)cc1. The average molecular weight is 395 g/mol. The second kappa shape index (κ2) is 8.97. The smallest absolute Gasteiger partial charge is 0.315 e. The Hall–Kier alpha value is -2.37. The fraction of sp³-hybridized carbons (Fsp3) is 0.458. The van der Waals surface area contributed by atoms with Crippen LogP contribution < -0.4 is 10.6 Å². The maximum Gasteiger partial charge on any atom is 0.315 e. The summed E-state index contributed by atoms with van der Waals surface area (Å²) < 4.78 is 11.9. The molecule has 5 nitrogen and oxygen atoms in total. The van der Waals surface area contributed by atoms with Gasteiger partial charge in [0.1, 0.15) is 19.0 Å². The minimum atomic E-state index is -0.167. The molecular weight excluding hydrogens is 364 g/mol. The maximum absolute atomic E-state index is 12.6. The Morgan fingerprint density at radius 2 is 1.10 bits per heavy atom. The summed E-state index contributed by atoms with van der Waals surface area (Å²) in [5, 5.41) is 6.21. The summed E-state index contributed by atoms with van der Waals surface area (Å²) in [5.74, 6) is 0. The van der Waals surface area contributed by atoms with Crippen LogP contribution in [0.1, 0.15) is 36.1 Å². The third-order valence-corrected chi connectivity index (χ3v) is 6.04. The quantitative estimate of drug-likeness (QED) is 0.790. The second-order valence-electron chi connectivity index (χ2n) is 7.96. The van der Waals surface area contributed by atoms with Gasteiger partial charge in [-0.1, -0.05) is 62.4 Å². The number of urea groups is 1. The molecule has 2 aromatic carbocycles. The first-order chi connectivity index (χ1) is 14.2. The molecule has 2 amide bonds. The molecule has 0 saturated carbocycles. The van der Waals surface area contributed by atoms with Gasteiger partial charge in [0.2, 0.25) is 0 Å². The molecular formula is C24H30N2O3. The van der Waals surface area contributed by atoms with E-state index < -0.39 is 0 Å². The molecule has 0 radical (unpaired) electrons. The third-order valence-electron chi connectivity index (χ3n) is 6.04. The van der Waals surface area contributed by atoms with Gasteiger partial charge < -0.3 is 20.1 Å². The second-order valence-corrected chi connectivity index (χ2v) is 7.96. The molecule has 5 heteroatoms. The van der Waals surface area contributed by atoms with Crippen molar-refractivity contribution in [3.63, 3.8) is 0 Å². The van der Waals surface area contributed by atoms with E-state index in [0.29, 0.717) is 0 Å². The van der Waals surface area contributed by atoms with Gasteiger partial charge in [-0.05, 0) is 47.9 Å². The van der Waals surface area contributed by atoms with Crippen LogP contribution >= 0.6 is 0 Å². The lowest BCUT2D eigenvalue weighted by atomic mass is 9.92. The number of carbonyl (C=O) groups is 1. The largest absolute Gasteiger partial charge is 0.347 e. The lowest BCUT2D eigenvalue weighted by Gasteiger charge is -2.26. The van der Waals surface area contributed by atoms with Crippen molar-refractivity contribution < 1.29 is 14.3 Å². The van der Waals surface area contributed by atoms with Gasteiger partial charge in [0, 0.05) is 0 Å². The normalized spacial score (nSPS) is 26.3. The van der Waals surface area contributed by atoms with E-state index in [2.05, 4.69) is 73.0 Å². The molecule has 2 heterocycles. The van der Waals surface area contributed by atoms with Crippen LogP contribution in [0.25, 0.3) is 0 Å². The molecule has 29 heavy (non-hydrogen) atoms. The maximum atomic E-state index is 12.6. The number of fused-ring (bicyclic) bond motifs is 1. The van der Waals surface area contributed by atoms with Gasteiger partial charge in [-0.15, -0.1) is 0 Å². The highest BCUT2D eigenvalue weighted by Gasteiger charge is 2.44. The lowest BCUT2D eigenvalue weighted by molar-refractivity contribution is 0.0275. The molecule has 2 aliphatic heterocycles. The Kier molecular flexibility index (Phi) is 6.16. The van der Waals surface area contributed by atoms with E-state index in [1.54, 1.807) is 0 Å². The number of rotatable bonds is 6. The standard InChI is InChI=1S/C24H30N2O3/c1-3-16-5-9-18(10-6-16)13-20-22-23(29-15-28-22)21(26-24(27)25-20)14-19-11-7-17(4-2)8-12-19/h5-12,20-23H,3-4,13-15H2,1-2H3,(H2,25,26,27)/t20-,21-,22+,23+/m1/s1. The summed E-state index contributed by atoms with van der Waals surface area (Å²) in [6.45, 7) is 4.57. The van der Waals surface area contributed by atoms with Crippen LogP contribution in [-0.4, -0.2) is 37.1 Å². The Labute approximate surface area is 172 Å². The van der Waals surface area contributed by atoms with Crippen molar-refractivity contribution >= 4 is 6.03 Å². The topological polar surface area (TPSA) is 59.6 Å². The van der Waals surface area contributed by atoms with Crippen molar-refractivity contribution in [3.8, 4) is 0 Å². The van der Waals surface area contributed by atoms with Gasteiger partial charge in [0.05, 0.1) is 12.1 Å². The van der Waals surface area contributed by atoms with E-state index >= 15 is 0 Å². The fourth-order valence-electron chi connectivity index (χ4n) is 4.28. The molecule has 2 aliphatic rings. The Bertz CT molecular complexity index is 752. The van der Waals surface area contributed by atoms with Crippen molar-refractivity contribution in [2.75, 3.05) is 6.79 Å². The number of carbonyl (C=O) groups excluding carboxylic acids is 1. The van der Waals surface area contributed by atoms with Crippen LogP contribution in [0, 0.1) is 0 Å². The molecule has 4 atom stereocenters.